The number of carbonyl (C=O) groups excluding carboxylic acids is 1. The third-order valence-corrected chi connectivity index (χ3v) is 3.26. The number of Topliss-reactive ketones (excluding diaryl/α,β-unsaturated/α-hetero) is 1. The molecule has 0 bridgehead atoms. The van der Waals surface area contributed by atoms with Crippen molar-refractivity contribution in [3.8, 4) is 0 Å². The van der Waals surface area contributed by atoms with Crippen LogP contribution in [0.5, 0.6) is 0 Å². The highest BCUT2D eigenvalue weighted by Gasteiger charge is 2.16. The summed E-state index contributed by atoms with van der Waals surface area (Å²) in [5, 5.41) is 0. The first-order chi connectivity index (χ1) is 6.84. The van der Waals surface area contributed by atoms with E-state index in [0.717, 1.165) is 12.8 Å². The number of carbonyl (C=O) groups is 1. The summed E-state index contributed by atoms with van der Waals surface area (Å²) in [4.78, 5) is 11.5. The van der Waals surface area contributed by atoms with Crippen LogP contribution < -0.4 is 5.73 Å². The SMILES string of the molecule is NCC(=O)C1CCCCCCCCC1. The Bertz CT molecular complexity index is 158. The number of nitrogens with two attached hydrogens (primary N) is 1. The highest BCUT2D eigenvalue weighted by Crippen LogP contribution is 2.21. The Morgan fingerprint density at radius 3 is 1.79 bits per heavy atom. The van der Waals surface area contributed by atoms with Gasteiger partial charge >= 0.3 is 0 Å². The molecule has 0 aromatic rings. The summed E-state index contributed by atoms with van der Waals surface area (Å²) in [5.74, 6) is 0.559. The fourth-order valence-corrected chi connectivity index (χ4v) is 2.30. The van der Waals surface area contributed by atoms with Crippen LogP contribution in [0.2, 0.25) is 0 Å². The topological polar surface area (TPSA) is 43.1 Å². The predicted molar refractivity (Wildman–Crippen MR) is 59.1 cm³/mol. The molecule has 0 amide bonds. The summed E-state index contributed by atoms with van der Waals surface area (Å²) in [6.07, 6.45) is 11.3. The van der Waals surface area contributed by atoms with Crippen molar-refractivity contribution >= 4 is 5.78 Å². The zero-order valence-corrected chi connectivity index (χ0v) is 9.13. The van der Waals surface area contributed by atoms with Crippen molar-refractivity contribution in [2.75, 3.05) is 6.54 Å². The third kappa shape index (κ3) is 4.23. The van der Waals surface area contributed by atoms with Crippen LogP contribution in [0.1, 0.15) is 57.8 Å². The molecule has 0 unspecified atom stereocenters. The molecule has 1 rings (SSSR count). The van der Waals surface area contributed by atoms with E-state index in [9.17, 15) is 4.79 Å². The minimum Gasteiger partial charge on any atom is -0.324 e. The van der Waals surface area contributed by atoms with E-state index in [2.05, 4.69) is 0 Å². The van der Waals surface area contributed by atoms with Crippen LogP contribution in [0, 0.1) is 5.92 Å². The molecule has 0 aromatic carbocycles. The van der Waals surface area contributed by atoms with Crippen molar-refractivity contribution in [2.45, 2.75) is 57.8 Å². The molecule has 0 atom stereocenters. The van der Waals surface area contributed by atoms with Gasteiger partial charge in [-0.2, -0.15) is 0 Å². The molecule has 0 aliphatic heterocycles. The molecule has 0 spiro atoms. The van der Waals surface area contributed by atoms with Gasteiger partial charge in [-0.05, 0) is 12.8 Å². The molecule has 0 heterocycles. The van der Waals surface area contributed by atoms with Crippen LogP contribution in [0.15, 0.2) is 0 Å². The fraction of sp³-hybridized carbons (Fsp3) is 0.917. The summed E-state index contributed by atoms with van der Waals surface area (Å²) in [6, 6.07) is 0. The Labute approximate surface area is 87.2 Å². The molecule has 1 aliphatic rings. The van der Waals surface area contributed by atoms with Gasteiger partial charge in [0.05, 0.1) is 6.54 Å². The van der Waals surface area contributed by atoms with Gasteiger partial charge in [0.2, 0.25) is 0 Å². The van der Waals surface area contributed by atoms with E-state index in [-0.39, 0.29) is 18.2 Å². The quantitative estimate of drug-likeness (QED) is 0.739. The van der Waals surface area contributed by atoms with Crippen molar-refractivity contribution in [3.63, 3.8) is 0 Å². The number of hydrogen-bond acceptors (Lipinski definition) is 2. The third-order valence-electron chi connectivity index (χ3n) is 3.26. The maximum Gasteiger partial charge on any atom is 0.149 e. The first-order valence-corrected chi connectivity index (χ1v) is 6.07. The van der Waals surface area contributed by atoms with E-state index in [0.29, 0.717) is 0 Å². The lowest BCUT2D eigenvalue weighted by Crippen LogP contribution is -2.23. The minimum absolute atomic E-state index is 0.241. The van der Waals surface area contributed by atoms with Crippen molar-refractivity contribution < 1.29 is 4.79 Å². The van der Waals surface area contributed by atoms with Crippen molar-refractivity contribution in [1.29, 1.82) is 0 Å². The van der Waals surface area contributed by atoms with E-state index in [1.165, 1.54) is 44.9 Å². The Morgan fingerprint density at radius 2 is 1.36 bits per heavy atom. The summed E-state index contributed by atoms with van der Waals surface area (Å²) in [5.41, 5.74) is 5.41. The second-order valence-corrected chi connectivity index (χ2v) is 4.42. The van der Waals surface area contributed by atoms with Gasteiger partial charge in [-0.3, -0.25) is 4.79 Å². The average molecular weight is 197 g/mol. The molecule has 0 aromatic heterocycles. The van der Waals surface area contributed by atoms with Crippen LogP contribution in [-0.2, 0) is 4.79 Å². The fourth-order valence-electron chi connectivity index (χ4n) is 2.30. The molecule has 2 heteroatoms. The molecule has 0 radical (unpaired) electrons. The monoisotopic (exact) mass is 197 g/mol. The largest absolute Gasteiger partial charge is 0.324 e. The number of rotatable bonds is 2. The lowest BCUT2D eigenvalue weighted by atomic mass is 9.89. The van der Waals surface area contributed by atoms with Gasteiger partial charge in [-0.15, -0.1) is 0 Å². The molecule has 0 saturated heterocycles. The van der Waals surface area contributed by atoms with Crippen LogP contribution in [0.4, 0.5) is 0 Å². The van der Waals surface area contributed by atoms with E-state index in [1.54, 1.807) is 0 Å². The minimum atomic E-state index is 0.241. The summed E-state index contributed by atoms with van der Waals surface area (Å²) in [7, 11) is 0. The van der Waals surface area contributed by atoms with Crippen molar-refractivity contribution in [2.24, 2.45) is 11.7 Å². The van der Waals surface area contributed by atoms with E-state index in [1.807, 2.05) is 0 Å². The summed E-state index contributed by atoms with van der Waals surface area (Å²) < 4.78 is 0. The van der Waals surface area contributed by atoms with Crippen LogP contribution in [0.25, 0.3) is 0 Å². The van der Waals surface area contributed by atoms with Crippen LogP contribution in [-0.4, -0.2) is 12.3 Å². The molecule has 2 N–H and O–H groups in total. The Morgan fingerprint density at radius 1 is 0.929 bits per heavy atom. The van der Waals surface area contributed by atoms with Crippen LogP contribution >= 0.6 is 0 Å². The summed E-state index contributed by atoms with van der Waals surface area (Å²) >= 11 is 0. The molecule has 1 aliphatic carbocycles. The number of hydrogen-bond donors (Lipinski definition) is 1. The average Bonchev–Trinajstić information content (AvgIpc) is 2.24. The maximum absolute atomic E-state index is 11.5. The van der Waals surface area contributed by atoms with Crippen LogP contribution in [0.3, 0.4) is 0 Å². The zero-order chi connectivity index (χ0) is 10.2. The van der Waals surface area contributed by atoms with E-state index >= 15 is 0 Å². The molecule has 1 saturated carbocycles. The normalized spacial score (nSPS) is 21.8. The lowest BCUT2D eigenvalue weighted by Gasteiger charge is -2.16. The second kappa shape index (κ2) is 6.99. The first-order valence-electron chi connectivity index (χ1n) is 6.07. The molecule has 82 valence electrons. The highest BCUT2D eigenvalue weighted by molar-refractivity contribution is 5.82. The van der Waals surface area contributed by atoms with Gasteiger partial charge in [-0.1, -0.05) is 44.9 Å². The number of ketones is 1. The Kier molecular flexibility index (Phi) is 5.85. The molecular formula is C12H23NO. The van der Waals surface area contributed by atoms with Gasteiger partial charge in [0.25, 0.3) is 0 Å². The van der Waals surface area contributed by atoms with Gasteiger partial charge in [0.15, 0.2) is 0 Å². The molecule has 14 heavy (non-hydrogen) atoms. The second-order valence-electron chi connectivity index (χ2n) is 4.42. The molecule has 2 nitrogen and oxygen atoms in total. The standard InChI is InChI=1S/C12H23NO/c13-10-12(14)11-8-6-4-2-1-3-5-7-9-11/h11H,1-10,13H2. The summed E-state index contributed by atoms with van der Waals surface area (Å²) in [6.45, 7) is 0.241. The Balaban J connectivity index is 2.34. The van der Waals surface area contributed by atoms with E-state index < -0.39 is 0 Å². The van der Waals surface area contributed by atoms with Gasteiger partial charge in [-0.25, -0.2) is 0 Å². The molecule has 1 fully saturated rings. The smallest absolute Gasteiger partial charge is 0.149 e. The lowest BCUT2D eigenvalue weighted by molar-refractivity contribution is -0.122. The van der Waals surface area contributed by atoms with Gasteiger partial charge in [0, 0.05) is 5.92 Å². The van der Waals surface area contributed by atoms with Crippen molar-refractivity contribution in [3.05, 3.63) is 0 Å². The first kappa shape index (κ1) is 11.7. The Hall–Kier alpha value is -0.370. The van der Waals surface area contributed by atoms with E-state index in [4.69, 9.17) is 5.73 Å². The maximum atomic E-state index is 11.5. The van der Waals surface area contributed by atoms with Gasteiger partial charge < -0.3 is 5.73 Å². The highest BCUT2D eigenvalue weighted by atomic mass is 16.1. The van der Waals surface area contributed by atoms with Crippen molar-refractivity contribution in [1.82, 2.24) is 0 Å². The predicted octanol–water partition coefficient (Wildman–Crippen LogP) is 2.65. The zero-order valence-electron chi connectivity index (χ0n) is 9.13. The van der Waals surface area contributed by atoms with Gasteiger partial charge in [0.1, 0.15) is 5.78 Å². The molecular weight excluding hydrogens is 174 g/mol.